The summed E-state index contributed by atoms with van der Waals surface area (Å²) in [6.07, 6.45) is 1.02. The lowest BCUT2D eigenvalue weighted by atomic mass is 10.00. The molecule has 0 bridgehead atoms. The SMILES string of the molecule is CCC(C)(NC(=O)NC(C)Cc1ccccc1)C(=O)O. The van der Waals surface area contributed by atoms with Crippen molar-refractivity contribution in [3.8, 4) is 0 Å². The minimum absolute atomic E-state index is 0.0766. The Labute approximate surface area is 119 Å². The number of carboxylic acids is 1. The van der Waals surface area contributed by atoms with Crippen molar-refractivity contribution in [1.29, 1.82) is 0 Å². The Balaban J connectivity index is 2.52. The van der Waals surface area contributed by atoms with Crippen molar-refractivity contribution in [3.63, 3.8) is 0 Å². The quantitative estimate of drug-likeness (QED) is 0.746. The van der Waals surface area contributed by atoms with E-state index in [1.54, 1.807) is 6.92 Å². The van der Waals surface area contributed by atoms with E-state index >= 15 is 0 Å². The molecular formula is C15H22N2O3. The Kier molecular flexibility index (Phi) is 5.55. The van der Waals surface area contributed by atoms with E-state index < -0.39 is 17.5 Å². The van der Waals surface area contributed by atoms with Crippen LogP contribution in [0, 0.1) is 0 Å². The molecule has 0 heterocycles. The molecule has 0 aliphatic heterocycles. The highest BCUT2D eigenvalue weighted by Crippen LogP contribution is 2.09. The number of hydrogen-bond donors (Lipinski definition) is 3. The minimum atomic E-state index is -1.24. The van der Waals surface area contributed by atoms with Gasteiger partial charge in [0.15, 0.2) is 0 Å². The zero-order valence-electron chi connectivity index (χ0n) is 12.1. The molecule has 0 radical (unpaired) electrons. The highest BCUT2D eigenvalue weighted by Gasteiger charge is 2.32. The van der Waals surface area contributed by atoms with Crippen molar-refractivity contribution in [3.05, 3.63) is 35.9 Å². The third-order valence-electron chi connectivity index (χ3n) is 3.33. The van der Waals surface area contributed by atoms with Crippen LogP contribution >= 0.6 is 0 Å². The number of carbonyl (C=O) groups is 2. The molecule has 5 nitrogen and oxygen atoms in total. The summed E-state index contributed by atoms with van der Waals surface area (Å²) < 4.78 is 0. The fourth-order valence-electron chi connectivity index (χ4n) is 1.82. The molecule has 0 saturated carbocycles. The van der Waals surface area contributed by atoms with E-state index in [2.05, 4.69) is 10.6 Å². The van der Waals surface area contributed by atoms with Crippen LogP contribution in [0.1, 0.15) is 32.8 Å². The van der Waals surface area contributed by atoms with Gasteiger partial charge in [-0.1, -0.05) is 37.3 Å². The molecular weight excluding hydrogens is 256 g/mol. The molecule has 1 rings (SSSR count). The number of urea groups is 1. The molecule has 3 N–H and O–H groups in total. The van der Waals surface area contributed by atoms with Gasteiger partial charge in [0.25, 0.3) is 0 Å². The molecule has 0 aliphatic carbocycles. The van der Waals surface area contributed by atoms with Crippen molar-refractivity contribution in [1.82, 2.24) is 10.6 Å². The van der Waals surface area contributed by atoms with Gasteiger partial charge in [-0.05, 0) is 32.3 Å². The molecule has 1 aromatic rings. The van der Waals surface area contributed by atoms with Gasteiger partial charge < -0.3 is 15.7 Å². The summed E-state index contributed by atoms with van der Waals surface area (Å²) in [4.78, 5) is 23.0. The first kappa shape index (κ1) is 16.0. The Morgan fingerprint density at radius 3 is 2.40 bits per heavy atom. The van der Waals surface area contributed by atoms with E-state index in [1.165, 1.54) is 6.92 Å². The van der Waals surface area contributed by atoms with Crippen LogP contribution in [0.15, 0.2) is 30.3 Å². The van der Waals surface area contributed by atoms with E-state index in [4.69, 9.17) is 5.11 Å². The van der Waals surface area contributed by atoms with Crippen LogP contribution in [0.3, 0.4) is 0 Å². The van der Waals surface area contributed by atoms with Gasteiger partial charge in [-0.3, -0.25) is 0 Å². The zero-order valence-corrected chi connectivity index (χ0v) is 12.1. The monoisotopic (exact) mass is 278 g/mol. The third kappa shape index (κ3) is 4.57. The maximum absolute atomic E-state index is 11.8. The Morgan fingerprint density at radius 1 is 1.30 bits per heavy atom. The van der Waals surface area contributed by atoms with Crippen molar-refractivity contribution in [2.24, 2.45) is 0 Å². The predicted octanol–water partition coefficient (Wildman–Crippen LogP) is 2.17. The van der Waals surface area contributed by atoms with Gasteiger partial charge in [-0.2, -0.15) is 0 Å². The number of amides is 2. The lowest BCUT2D eigenvalue weighted by Crippen LogP contribution is -2.56. The number of carbonyl (C=O) groups excluding carboxylic acids is 1. The molecule has 5 heteroatoms. The minimum Gasteiger partial charge on any atom is -0.480 e. The molecule has 2 amide bonds. The second-order valence-corrected chi connectivity index (χ2v) is 5.18. The Bertz CT molecular complexity index is 461. The predicted molar refractivity (Wildman–Crippen MR) is 77.6 cm³/mol. The van der Waals surface area contributed by atoms with Crippen LogP contribution in [0.4, 0.5) is 4.79 Å². The van der Waals surface area contributed by atoms with Gasteiger partial charge in [-0.25, -0.2) is 9.59 Å². The number of rotatable bonds is 6. The maximum atomic E-state index is 11.8. The summed E-state index contributed by atoms with van der Waals surface area (Å²) in [6, 6.07) is 9.27. The summed E-state index contributed by atoms with van der Waals surface area (Å²) >= 11 is 0. The zero-order chi connectivity index (χ0) is 15.2. The number of nitrogens with one attached hydrogen (secondary N) is 2. The largest absolute Gasteiger partial charge is 0.480 e. The van der Waals surface area contributed by atoms with Gasteiger partial charge in [0.1, 0.15) is 5.54 Å². The average molecular weight is 278 g/mol. The summed E-state index contributed by atoms with van der Waals surface area (Å²) in [5.41, 5.74) is -0.118. The van der Waals surface area contributed by atoms with Crippen LogP contribution in [0.5, 0.6) is 0 Å². The number of benzene rings is 1. The maximum Gasteiger partial charge on any atom is 0.329 e. The molecule has 2 atom stereocenters. The number of hydrogen-bond acceptors (Lipinski definition) is 2. The van der Waals surface area contributed by atoms with Gasteiger partial charge >= 0.3 is 12.0 Å². The molecule has 0 aliphatic rings. The van der Waals surface area contributed by atoms with E-state index in [1.807, 2.05) is 37.3 Å². The lowest BCUT2D eigenvalue weighted by molar-refractivity contribution is -0.143. The first-order chi connectivity index (χ1) is 9.37. The summed E-state index contributed by atoms with van der Waals surface area (Å²) in [5.74, 6) is -1.04. The van der Waals surface area contributed by atoms with Crippen LogP contribution in [-0.2, 0) is 11.2 Å². The highest BCUT2D eigenvalue weighted by molar-refractivity contribution is 5.85. The van der Waals surface area contributed by atoms with Crippen molar-refractivity contribution in [2.75, 3.05) is 0 Å². The summed E-state index contributed by atoms with van der Waals surface area (Å²) in [7, 11) is 0. The third-order valence-corrected chi connectivity index (χ3v) is 3.33. The molecule has 0 aromatic heterocycles. The van der Waals surface area contributed by atoms with E-state index in [0.29, 0.717) is 12.8 Å². The average Bonchev–Trinajstić information content (AvgIpc) is 2.39. The second-order valence-electron chi connectivity index (χ2n) is 5.18. The smallest absolute Gasteiger partial charge is 0.329 e. The highest BCUT2D eigenvalue weighted by atomic mass is 16.4. The van der Waals surface area contributed by atoms with Gasteiger partial charge in [0.05, 0.1) is 0 Å². The van der Waals surface area contributed by atoms with E-state index in [-0.39, 0.29) is 6.04 Å². The number of aliphatic carboxylic acids is 1. The Hall–Kier alpha value is -2.04. The van der Waals surface area contributed by atoms with Crippen LogP contribution in [0.2, 0.25) is 0 Å². The van der Waals surface area contributed by atoms with Crippen LogP contribution < -0.4 is 10.6 Å². The normalized spacial score (nSPS) is 14.9. The fourth-order valence-corrected chi connectivity index (χ4v) is 1.82. The van der Waals surface area contributed by atoms with E-state index in [0.717, 1.165) is 5.56 Å². The Morgan fingerprint density at radius 2 is 1.90 bits per heavy atom. The number of carboxylic acid groups (broad SMARTS) is 1. The first-order valence-corrected chi connectivity index (χ1v) is 6.73. The van der Waals surface area contributed by atoms with Gasteiger partial charge in [0.2, 0.25) is 0 Å². The molecule has 20 heavy (non-hydrogen) atoms. The molecule has 2 unspecified atom stereocenters. The van der Waals surface area contributed by atoms with Crippen LogP contribution in [0.25, 0.3) is 0 Å². The van der Waals surface area contributed by atoms with Gasteiger partial charge in [-0.15, -0.1) is 0 Å². The lowest BCUT2D eigenvalue weighted by Gasteiger charge is -2.26. The molecule has 0 spiro atoms. The summed E-state index contributed by atoms with van der Waals surface area (Å²) in [5, 5.41) is 14.4. The van der Waals surface area contributed by atoms with Gasteiger partial charge in [0, 0.05) is 6.04 Å². The standard InChI is InChI=1S/C15H22N2O3/c1-4-15(3,13(18)19)17-14(20)16-11(2)10-12-8-6-5-7-9-12/h5-9,11H,4,10H2,1-3H3,(H,18,19)(H2,16,17,20). The summed E-state index contributed by atoms with van der Waals surface area (Å²) in [6.45, 7) is 5.11. The fraction of sp³-hybridized carbons (Fsp3) is 0.467. The topological polar surface area (TPSA) is 78.4 Å². The van der Waals surface area contributed by atoms with Crippen molar-refractivity contribution < 1.29 is 14.7 Å². The second kappa shape index (κ2) is 6.93. The molecule has 0 saturated heterocycles. The molecule has 1 aromatic carbocycles. The van der Waals surface area contributed by atoms with Crippen molar-refractivity contribution >= 4 is 12.0 Å². The van der Waals surface area contributed by atoms with Crippen molar-refractivity contribution in [2.45, 2.75) is 45.2 Å². The first-order valence-electron chi connectivity index (χ1n) is 6.73. The molecule has 110 valence electrons. The van der Waals surface area contributed by atoms with E-state index in [9.17, 15) is 9.59 Å². The molecule has 0 fully saturated rings. The van der Waals surface area contributed by atoms with Crippen LogP contribution in [-0.4, -0.2) is 28.7 Å².